The minimum absolute atomic E-state index is 0.161. The van der Waals surface area contributed by atoms with Crippen LogP contribution in [0.3, 0.4) is 0 Å². The van der Waals surface area contributed by atoms with Crippen molar-refractivity contribution in [2.75, 3.05) is 7.11 Å². The molecular formula is C15H17NO2. The molecule has 1 aromatic carbocycles. The van der Waals surface area contributed by atoms with Crippen molar-refractivity contribution in [3.8, 4) is 6.07 Å². The molecule has 1 fully saturated rings. The number of carbonyl (C=O) groups excluding carboxylic acids is 1. The van der Waals surface area contributed by atoms with Gasteiger partial charge in [0.05, 0.1) is 24.7 Å². The summed E-state index contributed by atoms with van der Waals surface area (Å²) in [5, 5.41) is 8.79. The Hall–Kier alpha value is -1.82. The average molecular weight is 243 g/mol. The highest BCUT2D eigenvalue weighted by Gasteiger charge is 2.32. The van der Waals surface area contributed by atoms with Crippen LogP contribution in [-0.4, -0.2) is 13.1 Å². The van der Waals surface area contributed by atoms with Gasteiger partial charge >= 0.3 is 5.97 Å². The van der Waals surface area contributed by atoms with Gasteiger partial charge in [-0.15, -0.1) is 0 Å². The van der Waals surface area contributed by atoms with Crippen LogP contribution >= 0.6 is 0 Å². The van der Waals surface area contributed by atoms with Gasteiger partial charge in [-0.1, -0.05) is 25.0 Å². The number of benzene rings is 1. The van der Waals surface area contributed by atoms with E-state index in [9.17, 15) is 4.79 Å². The Morgan fingerprint density at radius 2 is 1.94 bits per heavy atom. The van der Waals surface area contributed by atoms with Crippen LogP contribution in [-0.2, 0) is 9.53 Å². The lowest BCUT2D eigenvalue weighted by molar-refractivity contribution is -0.143. The summed E-state index contributed by atoms with van der Waals surface area (Å²) >= 11 is 0. The zero-order chi connectivity index (χ0) is 13.0. The van der Waals surface area contributed by atoms with E-state index in [1.807, 2.05) is 12.1 Å². The molecule has 0 bridgehead atoms. The maximum atomic E-state index is 12.0. The Morgan fingerprint density at radius 3 is 2.44 bits per heavy atom. The fourth-order valence-corrected chi connectivity index (χ4v) is 2.78. The normalized spacial score (nSPS) is 17.1. The summed E-state index contributed by atoms with van der Waals surface area (Å²) in [5.74, 6) is 0.0437. The fourth-order valence-electron chi connectivity index (χ4n) is 2.78. The van der Waals surface area contributed by atoms with Crippen LogP contribution in [0.1, 0.15) is 42.7 Å². The molecule has 3 nitrogen and oxygen atoms in total. The van der Waals surface area contributed by atoms with Gasteiger partial charge in [0.2, 0.25) is 0 Å². The molecule has 0 aliphatic heterocycles. The number of esters is 1. The minimum Gasteiger partial charge on any atom is -0.469 e. The largest absolute Gasteiger partial charge is 0.469 e. The number of nitriles is 1. The minimum atomic E-state index is -0.176. The Kier molecular flexibility index (Phi) is 3.99. The van der Waals surface area contributed by atoms with E-state index in [1.165, 1.54) is 20.0 Å². The number of hydrogen-bond donors (Lipinski definition) is 0. The van der Waals surface area contributed by atoms with Gasteiger partial charge in [0.25, 0.3) is 0 Å². The van der Waals surface area contributed by atoms with Gasteiger partial charge in [-0.3, -0.25) is 4.79 Å². The van der Waals surface area contributed by atoms with Crippen molar-refractivity contribution in [1.82, 2.24) is 0 Å². The molecule has 0 radical (unpaired) electrons. The van der Waals surface area contributed by atoms with E-state index in [4.69, 9.17) is 10.00 Å². The zero-order valence-corrected chi connectivity index (χ0v) is 10.6. The van der Waals surface area contributed by atoms with Gasteiger partial charge in [-0.25, -0.2) is 0 Å². The van der Waals surface area contributed by atoms with Crippen LogP contribution in [0.2, 0.25) is 0 Å². The van der Waals surface area contributed by atoms with E-state index in [-0.39, 0.29) is 11.9 Å². The summed E-state index contributed by atoms with van der Waals surface area (Å²) in [6, 6.07) is 9.36. The third-order valence-corrected chi connectivity index (χ3v) is 3.73. The van der Waals surface area contributed by atoms with Crippen molar-refractivity contribution in [3.05, 3.63) is 35.4 Å². The van der Waals surface area contributed by atoms with Crippen molar-refractivity contribution in [2.45, 2.75) is 31.6 Å². The molecule has 2 rings (SSSR count). The van der Waals surface area contributed by atoms with E-state index < -0.39 is 0 Å². The molecule has 0 aromatic heterocycles. The summed E-state index contributed by atoms with van der Waals surface area (Å²) in [6.07, 6.45) is 4.54. The van der Waals surface area contributed by atoms with Crippen molar-refractivity contribution in [2.24, 2.45) is 5.92 Å². The molecule has 1 saturated carbocycles. The highest BCUT2D eigenvalue weighted by atomic mass is 16.5. The maximum Gasteiger partial charge on any atom is 0.313 e. The first-order valence-electron chi connectivity index (χ1n) is 6.34. The molecule has 1 unspecified atom stereocenters. The van der Waals surface area contributed by atoms with Crippen LogP contribution in [0, 0.1) is 17.2 Å². The average Bonchev–Trinajstić information content (AvgIpc) is 2.93. The fraction of sp³-hybridized carbons (Fsp3) is 0.467. The van der Waals surface area contributed by atoms with Crippen LogP contribution in [0.5, 0.6) is 0 Å². The molecule has 0 N–H and O–H groups in total. The first-order valence-corrected chi connectivity index (χ1v) is 6.34. The number of ether oxygens (including phenoxy) is 1. The van der Waals surface area contributed by atoms with E-state index in [2.05, 4.69) is 6.07 Å². The second-order valence-corrected chi connectivity index (χ2v) is 4.78. The Labute approximate surface area is 107 Å². The van der Waals surface area contributed by atoms with Crippen molar-refractivity contribution in [1.29, 1.82) is 5.26 Å². The summed E-state index contributed by atoms with van der Waals surface area (Å²) in [4.78, 5) is 12.0. The maximum absolute atomic E-state index is 12.0. The second kappa shape index (κ2) is 5.68. The van der Waals surface area contributed by atoms with Crippen molar-refractivity contribution < 1.29 is 9.53 Å². The smallest absolute Gasteiger partial charge is 0.313 e. The molecule has 94 valence electrons. The van der Waals surface area contributed by atoms with Crippen molar-refractivity contribution in [3.63, 3.8) is 0 Å². The molecule has 0 amide bonds. The van der Waals surface area contributed by atoms with E-state index in [0.29, 0.717) is 11.5 Å². The number of methoxy groups -OCH3 is 1. The molecule has 18 heavy (non-hydrogen) atoms. The Bertz CT molecular complexity index is 452. The van der Waals surface area contributed by atoms with E-state index in [1.54, 1.807) is 12.1 Å². The lowest BCUT2D eigenvalue weighted by Gasteiger charge is -2.21. The third-order valence-electron chi connectivity index (χ3n) is 3.73. The second-order valence-electron chi connectivity index (χ2n) is 4.78. The molecule has 0 saturated heterocycles. The first kappa shape index (κ1) is 12.6. The van der Waals surface area contributed by atoms with Crippen LogP contribution in [0.4, 0.5) is 0 Å². The first-order chi connectivity index (χ1) is 8.76. The van der Waals surface area contributed by atoms with Crippen LogP contribution < -0.4 is 0 Å². The quantitative estimate of drug-likeness (QED) is 0.767. The highest BCUT2D eigenvalue weighted by molar-refractivity contribution is 5.78. The molecular weight excluding hydrogens is 226 g/mol. The zero-order valence-electron chi connectivity index (χ0n) is 10.6. The molecule has 0 heterocycles. The Morgan fingerprint density at radius 1 is 1.33 bits per heavy atom. The number of hydrogen-bond acceptors (Lipinski definition) is 3. The van der Waals surface area contributed by atoms with Gasteiger partial charge in [0, 0.05) is 0 Å². The third kappa shape index (κ3) is 2.53. The molecule has 0 spiro atoms. The summed E-state index contributed by atoms with van der Waals surface area (Å²) < 4.78 is 4.93. The number of nitrogens with zero attached hydrogens (tertiary/aromatic N) is 1. The molecule has 1 aliphatic rings. The van der Waals surface area contributed by atoms with Crippen LogP contribution in [0.15, 0.2) is 24.3 Å². The molecule has 3 heteroatoms. The van der Waals surface area contributed by atoms with Gasteiger partial charge in [-0.2, -0.15) is 5.26 Å². The summed E-state index contributed by atoms with van der Waals surface area (Å²) in [7, 11) is 1.44. The van der Waals surface area contributed by atoms with E-state index >= 15 is 0 Å². The van der Waals surface area contributed by atoms with Gasteiger partial charge in [-0.05, 0) is 36.5 Å². The monoisotopic (exact) mass is 243 g/mol. The Balaban J connectivity index is 2.27. The van der Waals surface area contributed by atoms with Gasteiger partial charge < -0.3 is 4.74 Å². The highest BCUT2D eigenvalue weighted by Crippen LogP contribution is 2.38. The predicted molar refractivity (Wildman–Crippen MR) is 67.9 cm³/mol. The summed E-state index contributed by atoms with van der Waals surface area (Å²) in [5.41, 5.74) is 1.58. The SMILES string of the molecule is COC(=O)C(c1ccc(C#N)cc1)C1CCCC1. The molecule has 1 atom stereocenters. The summed E-state index contributed by atoms with van der Waals surface area (Å²) in [6.45, 7) is 0. The number of rotatable bonds is 3. The van der Waals surface area contributed by atoms with Crippen LogP contribution in [0.25, 0.3) is 0 Å². The van der Waals surface area contributed by atoms with Crippen molar-refractivity contribution >= 4 is 5.97 Å². The predicted octanol–water partition coefficient (Wildman–Crippen LogP) is 3.01. The van der Waals surface area contributed by atoms with Gasteiger partial charge in [0.15, 0.2) is 0 Å². The van der Waals surface area contributed by atoms with Gasteiger partial charge in [0.1, 0.15) is 0 Å². The van der Waals surface area contributed by atoms with E-state index in [0.717, 1.165) is 18.4 Å². The standard InChI is InChI=1S/C15H17NO2/c1-18-15(17)14(12-4-2-3-5-12)13-8-6-11(10-16)7-9-13/h6-9,12,14H,2-5H2,1H3. The topological polar surface area (TPSA) is 50.1 Å². The lowest BCUT2D eigenvalue weighted by atomic mass is 9.84. The molecule has 1 aromatic rings. The lowest BCUT2D eigenvalue weighted by Crippen LogP contribution is -2.21. The number of carbonyl (C=O) groups is 1. The molecule has 1 aliphatic carbocycles.